The fraction of sp³-hybridized carbons (Fsp3) is 0.120. The Morgan fingerprint density at radius 3 is 2.54 bits per heavy atom. The van der Waals surface area contributed by atoms with Gasteiger partial charge in [-0.15, -0.1) is 0 Å². The van der Waals surface area contributed by atoms with Gasteiger partial charge in [-0.3, -0.25) is 9.69 Å². The van der Waals surface area contributed by atoms with E-state index in [-0.39, 0.29) is 18.3 Å². The van der Waals surface area contributed by atoms with Crippen LogP contribution in [0.15, 0.2) is 69.0 Å². The zero-order chi connectivity index (χ0) is 25.1. The van der Waals surface area contributed by atoms with E-state index in [1.165, 1.54) is 17.8 Å². The normalized spacial score (nSPS) is 15.9. The van der Waals surface area contributed by atoms with E-state index in [0.717, 1.165) is 17.2 Å². The number of rotatable bonds is 6. The molecule has 0 aromatic heterocycles. The first kappa shape index (κ1) is 26.9. The van der Waals surface area contributed by atoms with Crippen molar-refractivity contribution in [1.82, 2.24) is 4.90 Å². The minimum absolute atomic E-state index is 0.0932. The summed E-state index contributed by atoms with van der Waals surface area (Å²) >= 11 is 15.3. The molecule has 1 amide bonds. The van der Waals surface area contributed by atoms with Crippen molar-refractivity contribution in [3.63, 3.8) is 0 Å². The van der Waals surface area contributed by atoms with Crippen molar-refractivity contribution < 1.29 is 13.9 Å². The third-order valence-electron chi connectivity index (χ3n) is 4.98. The topological polar surface area (TPSA) is 41.9 Å². The van der Waals surface area contributed by atoms with E-state index in [0.29, 0.717) is 38.6 Å². The largest absolute Gasteiger partial charge is 0.487 e. The fourth-order valence-electron chi connectivity index (χ4n) is 3.25. The van der Waals surface area contributed by atoms with Crippen LogP contribution in [0.4, 0.5) is 10.1 Å². The Bertz CT molecular complexity index is 1350. The molecular formula is C25H17BrClFI2N2O2S. The van der Waals surface area contributed by atoms with Gasteiger partial charge in [0.1, 0.15) is 18.2 Å². The van der Waals surface area contributed by atoms with Crippen LogP contribution in [0.5, 0.6) is 5.75 Å². The van der Waals surface area contributed by atoms with Crippen molar-refractivity contribution in [2.75, 3.05) is 6.54 Å². The number of benzene rings is 3. The molecule has 35 heavy (non-hydrogen) atoms. The number of amidine groups is 1. The first-order valence-corrected chi connectivity index (χ1v) is 14.5. The summed E-state index contributed by atoms with van der Waals surface area (Å²) in [7, 11) is 0. The molecule has 1 fully saturated rings. The summed E-state index contributed by atoms with van der Waals surface area (Å²) in [6, 6.07) is 15.9. The number of nitrogens with zero attached hydrogens (tertiary/aromatic N) is 2. The lowest BCUT2D eigenvalue weighted by molar-refractivity contribution is -0.122. The van der Waals surface area contributed by atoms with Crippen LogP contribution in [0.25, 0.3) is 6.08 Å². The van der Waals surface area contributed by atoms with E-state index >= 15 is 0 Å². The predicted octanol–water partition coefficient (Wildman–Crippen LogP) is 8.65. The predicted molar refractivity (Wildman–Crippen MR) is 162 cm³/mol. The Kier molecular flexibility index (Phi) is 9.17. The number of ether oxygens (including phenoxy) is 1. The van der Waals surface area contributed by atoms with Crippen LogP contribution in [0, 0.1) is 13.0 Å². The molecule has 4 rings (SSSR count). The van der Waals surface area contributed by atoms with Gasteiger partial charge in [0.05, 0.1) is 22.8 Å². The van der Waals surface area contributed by atoms with Crippen molar-refractivity contribution in [3.05, 3.63) is 93.1 Å². The monoisotopic (exact) mass is 796 g/mol. The third-order valence-corrected chi connectivity index (χ3v) is 8.82. The maximum Gasteiger partial charge on any atom is 0.266 e. The summed E-state index contributed by atoms with van der Waals surface area (Å²) in [5.41, 5.74) is 2.04. The highest BCUT2D eigenvalue weighted by molar-refractivity contribution is 14.1. The minimum atomic E-state index is -0.293. The van der Waals surface area contributed by atoms with Crippen LogP contribution in [-0.2, 0) is 11.4 Å². The Hall–Kier alpha value is -1.15. The molecule has 1 aliphatic rings. The van der Waals surface area contributed by atoms with E-state index < -0.39 is 0 Å². The SMILES string of the molecule is CCN1C(=O)/C(=C\c2cc(I)c(OCc3ccccc3F)c(I)c2)SC1=Nc1ccc(Br)c(Cl)c1. The van der Waals surface area contributed by atoms with Crippen LogP contribution >= 0.6 is 84.5 Å². The molecule has 4 nitrogen and oxygen atoms in total. The summed E-state index contributed by atoms with van der Waals surface area (Å²) in [4.78, 5) is 19.9. The molecule has 0 atom stereocenters. The molecule has 0 unspecified atom stereocenters. The quantitative estimate of drug-likeness (QED) is 0.185. The standard InChI is InChI=1S/C25H17BrClFI2N2O2S/c1-2-32-24(33)22(35-25(32)31-16-7-8-17(26)18(27)12-16)11-14-9-20(29)23(21(30)10-14)34-13-15-5-3-4-6-19(15)28/h3-12H,2,13H2,1H3/b22-11+,31-25?. The zero-order valence-corrected chi connectivity index (χ0v) is 25.7. The number of amides is 1. The zero-order valence-electron chi connectivity index (χ0n) is 18.2. The van der Waals surface area contributed by atoms with Crippen LogP contribution in [0.2, 0.25) is 5.02 Å². The average Bonchev–Trinajstić information content (AvgIpc) is 3.10. The van der Waals surface area contributed by atoms with E-state index in [9.17, 15) is 9.18 Å². The molecule has 0 radical (unpaired) electrons. The van der Waals surface area contributed by atoms with Crippen LogP contribution < -0.4 is 4.74 Å². The van der Waals surface area contributed by atoms with Gasteiger partial charge in [0.25, 0.3) is 5.91 Å². The number of hydrogen-bond donors (Lipinski definition) is 0. The van der Waals surface area contributed by atoms with Crippen molar-refractivity contribution in [2.45, 2.75) is 13.5 Å². The number of halogens is 5. The van der Waals surface area contributed by atoms with Crippen molar-refractivity contribution >= 4 is 107 Å². The first-order valence-electron chi connectivity index (χ1n) is 10.4. The molecule has 10 heteroatoms. The maximum atomic E-state index is 13.9. The molecule has 0 N–H and O–H groups in total. The highest BCUT2D eigenvalue weighted by Gasteiger charge is 2.32. The molecule has 3 aromatic carbocycles. The number of hydrogen-bond acceptors (Lipinski definition) is 4. The fourth-order valence-corrected chi connectivity index (χ4v) is 6.86. The number of aliphatic imine (C=N–C) groups is 1. The van der Waals surface area contributed by atoms with Gasteiger partial charge in [0.15, 0.2) is 5.17 Å². The molecule has 0 aliphatic carbocycles. The van der Waals surface area contributed by atoms with Crippen LogP contribution in [-0.4, -0.2) is 22.5 Å². The molecular weight excluding hydrogens is 781 g/mol. The molecule has 1 saturated heterocycles. The van der Waals surface area contributed by atoms with E-state index in [1.54, 1.807) is 29.2 Å². The number of likely N-dealkylation sites (N-methyl/N-ethyl adjacent to an activating group) is 1. The van der Waals surface area contributed by atoms with Gasteiger partial charge in [-0.2, -0.15) is 0 Å². The van der Waals surface area contributed by atoms with Crippen molar-refractivity contribution in [2.24, 2.45) is 4.99 Å². The number of thioether (sulfide) groups is 1. The van der Waals surface area contributed by atoms with E-state index in [1.807, 2.05) is 37.3 Å². The molecule has 0 saturated carbocycles. The van der Waals surface area contributed by atoms with Gasteiger partial charge in [-0.1, -0.05) is 29.8 Å². The van der Waals surface area contributed by atoms with Gasteiger partial charge in [-0.25, -0.2) is 9.38 Å². The lowest BCUT2D eigenvalue weighted by atomic mass is 10.2. The second-order valence-corrected chi connectivity index (χ2v) is 11.9. The van der Waals surface area contributed by atoms with Crippen molar-refractivity contribution in [1.29, 1.82) is 0 Å². The molecule has 180 valence electrons. The second-order valence-electron chi connectivity index (χ2n) is 7.35. The Morgan fingerprint density at radius 2 is 1.89 bits per heavy atom. The van der Waals surface area contributed by atoms with Gasteiger partial charge in [-0.05, 0) is 128 Å². The summed E-state index contributed by atoms with van der Waals surface area (Å²) in [6.45, 7) is 2.56. The van der Waals surface area contributed by atoms with Crippen molar-refractivity contribution in [3.8, 4) is 5.75 Å². The molecule has 1 heterocycles. The molecule has 0 bridgehead atoms. The van der Waals surface area contributed by atoms with Gasteiger partial charge >= 0.3 is 0 Å². The maximum absolute atomic E-state index is 13.9. The van der Waals surface area contributed by atoms with E-state index in [2.05, 4.69) is 66.1 Å². The smallest absolute Gasteiger partial charge is 0.266 e. The van der Waals surface area contributed by atoms with Gasteiger partial charge in [0, 0.05) is 16.6 Å². The summed E-state index contributed by atoms with van der Waals surface area (Å²) < 4.78 is 22.4. The van der Waals surface area contributed by atoms with Crippen LogP contribution in [0.3, 0.4) is 0 Å². The Balaban J connectivity index is 1.57. The van der Waals surface area contributed by atoms with Gasteiger partial charge in [0.2, 0.25) is 0 Å². The lowest BCUT2D eigenvalue weighted by Gasteiger charge is -2.12. The number of carbonyl (C=O) groups excluding carboxylic acids is 1. The first-order chi connectivity index (χ1) is 16.8. The molecule has 1 aliphatic heterocycles. The van der Waals surface area contributed by atoms with Crippen LogP contribution in [0.1, 0.15) is 18.1 Å². The Morgan fingerprint density at radius 1 is 1.17 bits per heavy atom. The number of carbonyl (C=O) groups is 1. The minimum Gasteiger partial charge on any atom is -0.487 e. The molecule has 0 spiro atoms. The van der Waals surface area contributed by atoms with Gasteiger partial charge < -0.3 is 4.74 Å². The summed E-state index contributed by atoms with van der Waals surface area (Å²) in [5.74, 6) is 0.301. The average molecular weight is 798 g/mol. The summed E-state index contributed by atoms with van der Waals surface area (Å²) in [5, 5.41) is 1.16. The van der Waals surface area contributed by atoms with E-state index in [4.69, 9.17) is 16.3 Å². The lowest BCUT2D eigenvalue weighted by Crippen LogP contribution is -2.28. The second kappa shape index (κ2) is 11.9. The highest BCUT2D eigenvalue weighted by atomic mass is 127. The summed E-state index contributed by atoms with van der Waals surface area (Å²) in [6.07, 6.45) is 1.86. The highest BCUT2D eigenvalue weighted by Crippen LogP contribution is 2.37. The third kappa shape index (κ3) is 6.41. The molecule has 3 aromatic rings. The Labute approximate surface area is 247 Å².